The number of ether oxygens (including phenoxy) is 1. The smallest absolute Gasteiger partial charge is 0.218 e. The minimum absolute atomic E-state index is 0.000633. The molecule has 2 aromatic carbocycles. The third-order valence-electron chi connectivity index (χ3n) is 5.52. The standard InChI is InChI=1S/C23H29ClFN3O2/c1-5-18(28-13(2)10-20(26)29)15-7-8-17(24)22(21(15)25)30-14-6-9-19-16(11-14)23(3,4)12-27-19/h6-9,11,13,18,27-28H,5,10,12H2,1-4H3,(H2,26,29)/t13-,18-/m1/s1. The van der Waals surface area contributed by atoms with Crippen molar-refractivity contribution in [2.75, 3.05) is 11.9 Å². The Balaban J connectivity index is 1.89. The van der Waals surface area contributed by atoms with E-state index in [1.54, 1.807) is 18.2 Å². The lowest BCUT2D eigenvalue weighted by Crippen LogP contribution is -2.34. The molecule has 0 fully saturated rings. The fourth-order valence-corrected chi connectivity index (χ4v) is 4.06. The Bertz CT molecular complexity index is 948. The van der Waals surface area contributed by atoms with E-state index in [0.29, 0.717) is 17.7 Å². The number of benzene rings is 2. The third-order valence-corrected chi connectivity index (χ3v) is 5.81. The number of amides is 1. The Labute approximate surface area is 182 Å². The van der Waals surface area contributed by atoms with E-state index in [-0.39, 0.29) is 34.7 Å². The van der Waals surface area contributed by atoms with Crippen LogP contribution in [-0.4, -0.2) is 18.5 Å². The van der Waals surface area contributed by atoms with Gasteiger partial charge in [0.15, 0.2) is 11.6 Å². The second-order valence-corrected chi connectivity index (χ2v) is 8.93. The van der Waals surface area contributed by atoms with Gasteiger partial charge in [0.05, 0.1) is 5.02 Å². The summed E-state index contributed by atoms with van der Waals surface area (Å²) in [5.41, 5.74) is 7.87. The molecule has 5 nitrogen and oxygen atoms in total. The highest BCUT2D eigenvalue weighted by molar-refractivity contribution is 6.32. The van der Waals surface area contributed by atoms with E-state index in [0.717, 1.165) is 17.8 Å². The van der Waals surface area contributed by atoms with Crippen LogP contribution in [0.1, 0.15) is 57.7 Å². The van der Waals surface area contributed by atoms with Crippen molar-refractivity contribution in [3.63, 3.8) is 0 Å². The first kappa shape index (κ1) is 22.4. The zero-order chi connectivity index (χ0) is 22.1. The molecule has 3 rings (SSSR count). The predicted molar refractivity (Wildman–Crippen MR) is 119 cm³/mol. The second kappa shape index (κ2) is 8.82. The molecule has 0 saturated heterocycles. The summed E-state index contributed by atoms with van der Waals surface area (Å²) in [6.45, 7) is 8.92. The summed E-state index contributed by atoms with van der Waals surface area (Å²) in [6, 6.07) is 8.48. The van der Waals surface area contributed by atoms with Crippen LogP contribution in [0.2, 0.25) is 5.02 Å². The van der Waals surface area contributed by atoms with E-state index in [1.165, 1.54) is 0 Å². The maximum Gasteiger partial charge on any atom is 0.218 e. The van der Waals surface area contributed by atoms with Crippen molar-refractivity contribution in [2.24, 2.45) is 5.73 Å². The number of carbonyl (C=O) groups is 1. The first-order valence-corrected chi connectivity index (χ1v) is 10.6. The summed E-state index contributed by atoms with van der Waals surface area (Å²) >= 11 is 6.29. The number of anilines is 1. The zero-order valence-electron chi connectivity index (χ0n) is 17.8. The van der Waals surface area contributed by atoms with Crippen LogP contribution in [0.15, 0.2) is 30.3 Å². The van der Waals surface area contributed by atoms with Crippen LogP contribution in [0.5, 0.6) is 11.5 Å². The first-order chi connectivity index (χ1) is 14.1. The minimum atomic E-state index is -0.508. The lowest BCUT2D eigenvalue weighted by Gasteiger charge is -2.23. The van der Waals surface area contributed by atoms with Crippen molar-refractivity contribution in [3.05, 3.63) is 52.3 Å². The van der Waals surface area contributed by atoms with Gasteiger partial charge in [-0.25, -0.2) is 4.39 Å². The SMILES string of the molecule is CC[C@@H](N[C@H](C)CC(N)=O)c1ccc(Cl)c(Oc2ccc3c(c2)C(C)(C)CN3)c1F. The number of rotatable bonds is 8. The molecule has 2 atom stereocenters. The molecule has 0 aromatic heterocycles. The van der Waals surface area contributed by atoms with Crippen LogP contribution in [0.3, 0.4) is 0 Å². The maximum absolute atomic E-state index is 15.4. The van der Waals surface area contributed by atoms with Gasteiger partial charge in [0.25, 0.3) is 0 Å². The van der Waals surface area contributed by atoms with Crippen molar-refractivity contribution in [1.82, 2.24) is 5.32 Å². The molecule has 7 heteroatoms. The largest absolute Gasteiger partial charge is 0.453 e. The van der Waals surface area contributed by atoms with Crippen LogP contribution in [-0.2, 0) is 10.2 Å². The second-order valence-electron chi connectivity index (χ2n) is 8.53. The van der Waals surface area contributed by atoms with Gasteiger partial charge in [0, 0.05) is 41.7 Å². The van der Waals surface area contributed by atoms with Gasteiger partial charge >= 0.3 is 0 Å². The van der Waals surface area contributed by atoms with Gasteiger partial charge in [-0.2, -0.15) is 0 Å². The Morgan fingerprint density at radius 2 is 2.10 bits per heavy atom. The number of hydrogen-bond acceptors (Lipinski definition) is 4. The van der Waals surface area contributed by atoms with Gasteiger partial charge in [0.2, 0.25) is 5.91 Å². The van der Waals surface area contributed by atoms with Gasteiger partial charge in [0.1, 0.15) is 5.75 Å². The van der Waals surface area contributed by atoms with Crippen molar-refractivity contribution < 1.29 is 13.9 Å². The van der Waals surface area contributed by atoms with Crippen LogP contribution >= 0.6 is 11.6 Å². The van der Waals surface area contributed by atoms with Gasteiger partial charge < -0.3 is 21.1 Å². The topological polar surface area (TPSA) is 76.4 Å². The number of nitrogens with one attached hydrogen (secondary N) is 2. The monoisotopic (exact) mass is 433 g/mol. The number of primary amides is 1. The average Bonchev–Trinajstić information content (AvgIpc) is 2.97. The number of fused-ring (bicyclic) bond motifs is 1. The normalized spacial score (nSPS) is 16.5. The molecule has 1 heterocycles. The molecule has 30 heavy (non-hydrogen) atoms. The summed E-state index contributed by atoms with van der Waals surface area (Å²) in [4.78, 5) is 11.2. The van der Waals surface area contributed by atoms with Crippen LogP contribution in [0.4, 0.5) is 10.1 Å². The fourth-order valence-electron chi connectivity index (χ4n) is 3.87. The molecule has 1 amide bonds. The Kier molecular flexibility index (Phi) is 6.58. The van der Waals surface area contributed by atoms with Crippen molar-refractivity contribution in [1.29, 1.82) is 0 Å². The summed E-state index contributed by atoms with van der Waals surface area (Å²) < 4.78 is 21.4. The number of carbonyl (C=O) groups excluding carboxylic acids is 1. The number of halogens is 2. The molecule has 162 valence electrons. The highest BCUT2D eigenvalue weighted by Gasteiger charge is 2.30. The van der Waals surface area contributed by atoms with Crippen LogP contribution in [0, 0.1) is 5.82 Å². The van der Waals surface area contributed by atoms with E-state index in [2.05, 4.69) is 24.5 Å². The zero-order valence-corrected chi connectivity index (χ0v) is 18.6. The quantitative estimate of drug-likeness (QED) is 0.529. The molecule has 4 N–H and O–H groups in total. The maximum atomic E-state index is 15.4. The molecular weight excluding hydrogens is 405 g/mol. The molecule has 2 aromatic rings. The van der Waals surface area contributed by atoms with Crippen LogP contribution in [0.25, 0.3) is 0 Å². The minimum Gasteiger partial charge on any atom is -0.453 e. The summed E-state index contributed by atoms with van der Waals surface area (Å²) in [7, 11) is 0. The van der Waals surface area contributed by atoms with E-state index < -0.39 is 11.7 Å². The first-order valence-electron chi connectivity index (χ1n) is 10.2. The lowest BCUT2D eigenvalue weighted by molar-refractivity contribution is -0.118. The van der Waals surface area contributed by atoms with Crippen molar-refractivity contribution in [2.45, 2.75) is 58.0 Å². The third kappa shape index (κ3) is 4.71. The molecule has 0 spiro atoms. The average molecular weight is 434 g/mol. The van der Waals surface area contributed by atoms with E-state index in [9.17, 15) is 4.79 Å². The Morgan fingerprint density at radius 3 is 2.77 bits per heavy atom. The van der Waals surface area contributed by atoms with Gasteiger partial charge in [-0.1, -0.05) is 38.4 Å². The molecular formula is C23H29ClFN3O2. The summed E-state index contributed by atoms with van der Waals surface area (Å²) in [6.07, 6.45) is 0.799. The van der Waals surface area contributed by atoms with Gasteiger partial charge in [-0.15, -0.1) is 0 Å². The molecule has 0 unspecified atom stereocenters. The number of hydrogen-bond donors (Lipinski definition) is 3. The summed E-state index contributed by atoms with van der Waals surface area (Å²) in [5.74, 6) is -0.377. The van der Waals surface area contributed by atoms with E-state index >= 15 is 4.39 Å². The molecule has 0 aliphatic carbocycles. The van der Waals surface area contributed by atoms with Gasteiger partial charge in [-0.3, -0.25) is 4.79 Å². The fraction of sp³-hybridized carbons (Fsp3) is 0.435. The van der Waals surface area contributed by atoms with Gasteiger partial charge in [-0.05, 0) is 43.2 Å². The van der Waals surface area contributed by atoms with Crippen molar-refractivity contribution in [3.8, 4) is 11.5 Å². The molecule has 1 aliphatic heterocycles. The van der Waals surface area contributed by atoms with E-state index in [1.807, 2.05) is 26.0 Å². The highest BCUT2D eigenvalue weighted by Crippen LogP contribution is 2.41. The molecule has 1 aliphatic rings. The lowest BCUT2D eigenvalue weighted by atomic mass is 9.87. The highest BCUT2D eigenvalue weighted by atomic mass is 35.5. The molecule has 0 radical (unpaired) electrons. The summed E-state index contributed by atoms with van der Waals surface area (Å²) in [5, 5.41) is 6.84. The predicted octanol–water partition coefficient (Wildman–Crippen LogP) is 5.28. The van der Waals surface area contributed by atoms with Crippen molar-refractivity contribution >= 4 is 23.2 Å². The molecule has 0 bridgehead atoms. The number of nitrogens with two attached hydrogens (primary N) is 1. The Morgan fingerprint density at radius 1 is 1.37 bits per heavy atom. The Hall–Kier alpha value is -2.31. The van der Waals surface area contributed by atoms with Crippen LogP contribution < -0.4 is 21.1 Å². The molecule has 0 saturated carbocycles. The van der Waals surface area contributed by atoms with E-state index in [4.69, 9.17) is 22.1 Å².